The summed E-state index contributed by atoms with van der Waals surface area (Å²) in [6, 6.07) is 19.4. The summed E-state index contributed by atoms with van der Waals surface area (Å²) in [6.45, 7) is 5.55. The fourth-order valence-electron chi connectivity index (χ4n) is 2.75. The Bertz CT molecular complexity index is 544. The standard InChI is InChI=1S/C18H23N3/c1-20(17-5-3-2-4-6-17)18-9-7-16(8-10-18)15-21-13-11-19-12-14-21/h2-10,19H,11-15H2,1H3. The van der Waals surface area contributed by atoms with Gasteiger partial charge in [0.15, 0.2) is 0 Å². The molecule has 1 N–H and O–H groups in total. The highest BCUT2D eigenvalue weighted by Gasteiger charge is 2.10. The molecule has 110 valence electrons. The van der Waals surface area contributed by atoms with Crippen LogP contribution < -0.4 is 10.2 Å². The molecule has 2 aromatic rings. The van der Waals surface area contributed by atoms with Gasteiger partial charge in [-0.2, -0.15) is 0 Å². The van der Waals surface area contributed by atoms with Gasteiger partial charge in [0.25, 0.3) is 0 Å². The van der Waals surface area contributed by atoms with Gasteiger partial charge < -0.3 is 10.2 Å². The van der Waals surface area contributed by atoms with Crippen LogP contribution in [0.25, 0.3) is 0 Å². The molecule has 0 unspecified atom stereocenters. The molecule has 3 heteroatoms. The van der Waals surface area contributed by atoms with Crippen molar-refractivity contribution in [2.45, 2.75) is 6.54 Å². The Hall–Kier alpha value is -1.84. The van der Waals surface area contributed by atoms with Crippen LogP contribution >= 0.6 is 0 Å². The molecule has 0 spiro atoms. The van der Waals surface area contributed by atoms with Gasteiger partial charge in [-0.1, -0.05) is 30.3 Å². The molecular formula is C18H23N3. The van der Waals surface area contributed by atoms with Crippen molar-refractivity contribution >= 4 is 11.4 Å². The minimum absolute atomic E-state index is 1.05. The van der Waals surface area contributed by atoms with Crippen LogP contribution in [0.2, 0.25) is 0 Å². The Kier molecular flexibility index (Phi) is 4.53. The van der Waals surface area contributed by atoms with E-state index in [2.05, 4.69) is 70.7 Å². The van der Waals surface area contributed by atoms with E-state index in [-0.39, 0.29) is 0 Å². The average Bonchev–Trinajstić information content (AvgIpc) is 2.57. The fraction of sp³-hybridized carbons (Fsp3) is 0.333. The third-order valence-electron chi connectivity index (χ3n) is 4.08. The van der Waals surface area contributed by atoms with Crippen LogP contribution in [0.1, 0.15) is 5.56 Å². The van der Waals surface area contributed by atoms with Crippen LogP contribution in [0.5, 0.6) is 0 Å². The third kappa shape index (κ3) is 3.63. The minimum Gasteiger partial charge on any atom is -0.345 e. The lowest BCUT2D eigenvalue weighted by Crippen LogP contribution is -2.42. The first-order valence-electron chi connectivity index (χ1n) is 7.64. The van der Waals surface area contributed by atoms with Gasteiger partial charge in [-0.15, -0.1) is 0 Å². The van der Waals surface area contributed by atoms with Gasteiger partial charge in [0, 0.05) is 51.1 Å². The first kappa shape index (κ1) is 14.1. The van der Waals surface area contributed by atoms with E-state index >= 15 is 0 Å². The maximum atomic E-state index is 3.39. The van der Waals surface area contributed by atoms with Crippen LogP contribution in [-0.4, -0.2) is 38.1 Å². The normalized spacial score (nSPS) is 15.9. The van der Waals surface area contributed by atoms with E-state index in [1.807, 2.05) is 6.07 Å². The Balaban J connectivity index is 1.66. The molecule has 1 aliphatic rings. The predicted octanol–water partition coefficient (Wildman–Crippen LogP) is 2.86. The molecule has 2 aromatic carbocycles. The number of rotatable bonds is 4. The summed E-state index contributed by atoms with van der Waals surface area (Å²) in [6.07, 6.45) is 0. The van der Waals surface area contributed by atoms with Crippen LogP contribution in [0, 0.1) is 0 Å². The number of nitrogens with zero attached hydrogens (tertiary/aromatic N) is 2. The van der Waals surface area contributed by atoms with Crippen LogP contribution in [0.15, 0.2) is 54.6 Å². The highest BCUT2D eigenvalue weighted by molar-refractivity contribution is 5.62. The van der Waals surface area contributed by atoms with Crippen LogP contribution in [0.4, 0.5) is 11.4 Å². The van der Waals surface area contributed by atoms with Crippen LogP contribution in [0.3, 0.4) is 0 Å². The van der Waals surface area contributed by atoms with Crippen molar-refractivity contribution in [3.05, 3.63) is 60.2 Å². The van der Waals surface area contributed by atoms with Gasteiger partial charge >= 0.3 is 0 Å². The number of hydrogen-bond acceptors (Lipinski definition) is 3. The second-order valence-corrected chi connectivity index (χ2v) is 5.59. The SMILES string of the molecule is CN(c1ccccc1)c1ccc(CN2CCNCC2)cc1. The van der Waals surface area contributed by atoms with E-state index in [9.17, 15) is 0 Å². The van der Waals surface area contributed by atoms with E-state index in [1.54, 1.807) is 0 Å². The first-order chi connectivity index (χ1) is 10.3. The van der Waals surface area contributed by atoms with Gasteiger partial charge in [-0.3, -0.25) is 4.90 Å². The zero-order chi connectivity index (χ0) is 14.5. The number of piperazine rings is 1. The zero-order valence-corrected chi connectivity index (χ0v) is 12.6. The van der Waals surface area contributed by atoms with Crippen molar-refractivity contribution in [3.63, 3.8) is 0 Å². The fourth-order valence-corrected chi connectivity index (χ4v) is 2.75. The molecule has 1 aliphatic heterocycles. The number of anilines is 2. The van der Waals surface area contributed by atoms with Gasteiger partial charge in [-0.05, 0) is 29.8 Å². The zero-order valence-electron chi connectivity index (χ0n) is 12.6. The van der Waals surface area contributed by atoms with E-state index < -0.39 is 0 Å². The molecule has 3 rings (SSSR count). The highest BCUT2D eigenvalue weighted by Crippen LogP contribution is 2.23. The molecule has 1 heterocycles. The highest BCUT2D eigenvalue weighted by atomic mass is 15.2. The molecule has 0 aliphatic carbocycles. The van der Waals surface area contributed by atoms with Crippen molar-refractivity contribution in [2.75, 3.05) is 38.1 Å². The van der Waals surface area contributed by atoms with E-state index in [4.69, 9.17) is 0 Å². The summed E-state index contributed by atoms with van der Waals surface area (Å²) in [5.74, 6) is 0. The molecule has 0 radical (unpaired) electrons. The molecule has 1 saturated heterocycles. The minimum atomic E-state index is 1.05. The Morgan fingerprint density at radius 2 is 1.52 bits per heavy atom. The van der Waals surface area contributed by atoms with Crippen molar-refractivity contribution in [3.8, 4) is 0 Å². The number of nitrogens with one attached hydrogen (secondary N) is 1. The van der Waals surface area contributed by atoms with E-state index in [1.165, 1.54) is 16.9 Å². The molecule has 0 aromatic heterocycles. The van der Waals surface area contributed by atoms with Crippen molar-refractivity contribution in [1.82, 2.24) is 10.2 Å². The quantitative estimate of drug-likeness (QED) is 0.929. The predicted molar refractivity (Wildman–Crippen MR) is 89.1 cm³/mol. The smallest absolute Gasteiger partial charge is 0.0408 e. The lowest BCUT2D eigenvalue weighted by molar-refractivity contribution is 0.233. The molecule has 0 atom stereocenters. The number of para-hydroxylation sites is 1. The molecule has 0 saturated carbocycles. The second kappa shape index (κ2) is 6.74. The summed E-state index contributed by atoms with van der Waals surface area (Å²) in [5.41, 5.74) is 3.83. The van der Waals surface area contributed by atoms with Gasteiger partial charge in [0.2, 0.25) is 0 Å². The van der Waals surface area contributed by atoms with E-state index in [0.717, 1.165) is 32.7 Å². The Morgan fingerprint density at radius 1 is 0.905 bits per heavy atom. The summed E-state index contributed by atoms with van der Waals surface area (Å²) < 4.78 is 0. The van der Waals surface area contributed by atoms with Crippen molar-refractivity contribution in [2.24, 2.45) is 0 Å². The maximum absolute atomic E-state index is 3.39. The number of benzene rings is 2. The summed E-state index contributed by atoms with van der Waals surface area (Å²) in [4.78, 5) is 4.72. The summed E-state index contributed by atoms with van der Waals surface area (Å²) in [5, 5.41) is 3.39. The van der Waals surface area contributed by atoms with E-state index in [0.29, 0.717) is 0 Å². The van der Waals surface area contributed by atoms with Crippen molar-refractivity contribution < 1.29 is 0 Å². The monoisotopic (exact) mass is 281 g/mol. The summed E-state index contributed by atoms with van der Waals surface area (Å²) in [7, 11) is 2.11. The van der Waals surface area contributed by atoms with Gasteiger partial charge in [0.1, 0.15) is 0 Å². The largest absolute Gasteiger partial charge is 0.345 e. The van der Waals surface area contributed by atoms with Gasteiger partial charge in [-0.25, -0.2) is 0 Å². The summed E-state index contributed by atoms with van der Waals surface area (Å²) >= 11 is 0. The Morgan fingerprint density at radius 3 is 2.19 bits per heavy atom. The number of hydrogen-bond donors (Lipinski definition) is 1. The molecule has 21 heavy (non-hydrogen) atoms. The molecule has 0 amide bonds. The lowest BCUT2D eigenvalue weighted by atomic mass is 10.1. The molecule has 0 bridgehead atoms. The third-order valence-corrected chi connectivity index (χ3v) is 4.08. The first-order valence-corrected chi connectivity index (χ1v) is 7.64. The lowest BCUT2D eigenvalue weighted by Gasteiger charge is -2.27. The molecule has 3 nitrogen and oxygen atoms in total. The average molecular weight is 281 g/mol. The maximum Gasteiger partial charge on any atom is 0.0408 e. The molecule has 1 fully saturated rings. The van der Waals surface area contributed by atoms with Crippen LogP contribution in [-0.2, 0) is 6.54 Å². The van der Waals surface area contributed by atoms with Crippen molar-refractivity contribution in [1.29, 1.82) is 0 Å². The second-order valence-electron chi connectivity index (χ2n) is 5.59. The van der Waals surface area contributed by atoms with Gasteiger partial charge in [0.05, 0.1) is 0 Å². The topological polar surface area (TPSA) is 18.5 Å². The Labute approximate surface area is 127 Å². The molecular weight excluding hydrogens is 258 g/mol.